The maximum Gasteiger partial charge on any atom is 0.495 e. The van der Waals surface area contributed by atoms with E-state index in [1.807, 2.05) is 47.7 Å². The highest BCUT2D eigenvalue weighted by atomic mass is 32.2. The van der Waals surface area contributed by atoms with E-state index in [0.717, 1.165) is 24.1 Å². The Bertz CT molecular complexity index is 767. The summed E-state index contributed by atoms with van der Waals surface area (Å²) in [6.07, 6.45) is 1.36. The van der Waals surface area contributed by atoms with Crippen LogP contribution in [0.4, 0.5) is 0 Å². The average molecular weight is 379 g/mol. The van der Waals surface area contributed by atoms with Gasteiger partial charge in [-0.15, -0.1) is 0 Å². The van der Waals surface area contributed by atoms with Crippen molar-refractivity contribution >= 4 is 22.4 Å². The van der Waals surface area contributed by atoms with Crippen LogP contribution in [-0.2, 0) is 19.1 Å². The highest BCUT2D eigenvalue weighted by Crippen LogP contribution is 2.37. The van der Waals surface area contributed by atoms with Crippen LogP contribution in [0.25, 0.3) is 0 Å². The fraction of sp³-hybridized carbons (Fsp3) is 0.684. The zero-order valence-electron chi connectivity index (χ0n) is 16.7. The second-order valence-corrected chi connectivity index (χ2v) is 10.9. The minimum atomic E-state index is -3.35. The number of hydrogen-bond acceptors (Lipinski definition) is 5. The van der Waals surface area contributed by atoms with Crippen LogP contribution in [0.5, 0.6) is 0 Å². The predicted octanol–water partition coefficient (Wildman–Crippen LogP) is 2.16. The van der Waals surface area contributed by atoms with Crippen LogP contribution >= 0.6 is 0 Å². The quantitative estimate of drug-likeness (QED) is 0.754. The van der Waals surface area contributed by atoms with E-state index in [-0.39, 0.29) is 5.25 Å². The summed E-state index contributed by atoms with van der Waals surface area (Å²) in [4.78, 5) is 2.55. The number of likely N-dealkylation sites (tertiary alicyclic amines) is 1. The van der Waals surface area contributed by atoms with Gasteiger partial charge in [0.15, 0.2) is 9.84 Å². The van der Waals surface area contributed by atoms with Crippen molar-refractivity contribution in [2.45, 2.75) is 68.8 Å². The van der Waals surface area contributed by atoms with Crippen molar-refractivity contribution in [1.82, 2.24) is 4.90 Å². The Labute approximate surface area is 158 Å². The lowest BCUT2D eigenvalue weighted by molar-refractivity contribution is 0.00578. The molecular formula is C19H30BNO4S. The third-order valence-electron chi connectivity index (χ3n) is 6.19. The minimum Gasteiger partial charge on any atom is -0.399 e. The van der Waals surface area contributed by atoms with E-state index in [9.17, 15) is 8.42 Å². The SMILES string of the molecule is Cc1ccc(S(=O)(=O)C2CCN(C)CC2)cc1B1OC(C)(C)C(C)(C)O1. The Morgan fingerprint density at radius 2 is 1.62 bits per heavy atom. The van der Waals surface area contributed by atoms with Crippen LogP contribution < -0.4 is 5.46 Å². The van der Waals surface area contributed by atoms with Gasteiger partial charge in [0, 0.05) is 0 Å². The molecule has 7 heteroatoms. The highest BCUT2D eigenvalue weighted by Gasteiger charge is 2.52. The molecule has 0 spiro atoms. The number of benzene rings is 1. The van der Waals surface area contributed by atoms with Crippen LogP contribution in [0.3, 0.4) is 0 Å². The first-order valence-electron chi connectivity index (χ1n) is 9.33. The zero-order valence-corrected chi connectivity index (χ0v) is 17.5. The van der Waals surface area contributed by atoms with E-state index in [0.29, 0.717) is 17.7 Å². The first kappa shape index (κ1) is 19.9. The molecule has 3 rings (SSSR count). The van der Waals surface area contributed by atoms with Gasteiger partial charge in [0.25, 0.3) is 0 Å². The summed E-state index contributed by atoms with van der Waals surface area (Å²) in [7, 11) is -1.87. The summed E-state index contributed by atoms with van der Waals surface area (Å²) in [5, 5.41) is -0.312. The molecular weight excluding hydrogens is 349 g/mol. The lowest BCUT2D eigenvalue weighted by Gasteiger charge is -2.32. The van der Waals surface area contributed by atoms with Gasteiger partial charge in [0.05, 0.1) is 21.3 Å². The van der Waals surface area contributed by atoms with Gasteiger partial charge in [-0.3, -0.25) is 0 Å². The number of nitrogens with zero attached hydrogens (tertiary/aromatic N) is 1. The largest absolute Gasteiger partial charge is 0.495 e. The van der Waals surface area contributed by atoms with Crippen molar-refractivity contribution in [2.24, 2.45) is 0 Å². The first-order chi connectivity index (χ1) is 11.9. The molecule has 0 aliphatic carbocycles. The fourth-order valence-corrected chi connectivity index (χ4v) is 5.27. The standard InChI is InChI=1S/C19H30BNO4S/c1-14-7-8-16(26(22,23)15-9-11-21(6)12-10-15)13-17(14)20-24-18(2,3)19(4,5)25-20/h7-8,13,15H,9-12H2,1-6H3. The van der Waals surface area contributed by atoms with E-state index in [1.54, 1.807) is 12.1 Å². The summed E-state index contributed by atoms with van der Waals surface area (Å²) < 4.78 is 38.5. The summed E-state index contributed by atoms with van der Waals surface area (Å²) in [5.74, 6) is 0. The Morgan fingerprint density at radius 3 is 2.15 bits per heavy atom. The van der Waals surface area contributed by atoms with Crippen molar-refractivity contribution in [1.29, 1.82) is 0 Å². The molecule has 0 unspecified atom stereocenters. The van der Waals surface area contributed by atoms with Crippen LogP contribution in [0.1, 0.15) is 46.1 Å². The van der Waals surface area contributed by atoms with Gasteiger partial charge in [-0.05, 0) is 85.2 Å². The lowest BCUT2D eigenvalue weighted by atomic mass is 9.76. The molecule has 2 saturated heterocycles. The minimum absolute atomic E-state index is 0.312. The second-order valence-electron chi connectivity index (χ2n) is 8.65. The van der Waals surface area contributed by atoms with Gasteiger partial charge in [-0.25, -0.2) is 8.42 Å². The molecule has 0 aromatic heterocycles. The molecule has 0 N–H and O–H groups in total. The molecule has 2 fully saturated rings. The van der Waals surface area contributed by atoms with Crippen molar-refractivity contribution < 1.29 is 17.7 Å². The van der Waals surface area contributed by atoms with Gasteiger partial charge in [-0.1, -0.05) is 11.6 Å². The molecule has 0 saturated carbocycles. The van der Waals surface area contributed by atoms with Crippen molar-refractivity contribution in [3.8, 4) is 0 Å². The van der Waals surface area contributed by atoms with Gasteiger partial charge >= 0.3 is 7.12 Å². The van der Waals surface area contributed by atoms with E-state index in [2.05, 4.69) is 4.90 Å². The fourth-order valence-electron chi connectivity index (χ4n) is 3.51. The topological polar surface area (TPSA) is 55.8 Å². The third kappa shape index (κ3) is 3.47. The van der Waals surface area contributed by atoms with E-state index in [4.69, 9.17) is 9.31 Å². The summed E-state index contributed by atoms with van der Waals surface area (Å²) >= 11 is 0. The van der Waals surface area contributed by atoms with Crippen molar-refractivity contribution in [3.05, 3.63) is 23.8 Å². The summed E-state index contributed by atoms with van der Waals surface area (Å²) in [5.41, 5.74) is 0.878. The van der Waals surface area contributed by atoms with Crippen LogP contribution in [-0.4, -0.2) is 57.0 Å². The van der Waals surface area contributed by atoms with E-state index in [1.165, 1.54) is 0 Å². The summed E-state index contributed by atoms with van der Waals surface area (Å²) in [6, 6.07) is 5.34. The zero-order chi connectivity index (χ0) is 19.3. The van der Waals surface area contributed by atoms with Crippen LogP contribution in [0, 0.1) is 6.92 Å². The van der Waals surface area contributed by atoms with E-state index >= 15 is 0 Å². The van der Waals surface area contributed by atoms with E-state index < -0.39 is 28.2 Å². The maximum absolute atomic E-state index is 13.1. The molecule has 2 heterocycles. The third-order valence-corrected chi connectivity index (χ3v) is 8.45. The molecule has 2 aliphatic rings. The molecule has 0 bridgehead atoms. The molecule has 0 amide bonds. The Balaban J connectivity index is 1.91. The monoisotopic (exact) mass is 379 g/mol. The molecule has 5 nitrogen and oxygen atoms in total. The molecule has 1 aromatic carbocycles. The normalized spacial score (nSPS) is 24.2. The molecule has 0 atom stereocenters. The molecule has 1 aromatic rings. The lowest BCUT2D eigenvalue weighted by Crippen LogP contribution is -2.41. The molecule has 144 valence electrons. The van der Waals surface area contributed by atoms with Gasteiger partial charge in [-0.2, -0.15) is 0 Å². The number of hydrogen-bond donors (Lipinski definition) is 0. The van der Waals surface area contributed by atoms with Crippen LogP contribution in [0.2, 0.25) is 0 Å². The Hall–Kier alpha value is -0.885. The number of piperidine rings is 1. The highest BCUT2D eigenvalue weighted by molar-refractivity contribution is 7.92. The molecule has 2 aliphatic heterocycles. The summed E-state index contributed by atoms with van der Waals surface area (Å²) in [6.45, 7) is 11.6. The van der Waals surface area contributed by atoms with Gasteiger partial charge in [0.2, 0.25) is 0 Å². The Kier molecular flexibility index (Phi) is 5.06. The van der Waals surface area contributed by atoms with Gasteiger partial charge < -0.3 is 14.2 Å². The van der Waals surface area contributed by atoms with Crippen LogP contribution in [0.15, 0.2) is 23.1 Å². The van der Waals surface area contributed by atoms with Crippen molar-refractivity contribution in [3.63, 3.8) is 0 Å². The molecule has 0 radical (unpaired) electrons. The number of sulfone groups is 1. The number of aryl methyl sites for hydroxylation is 1. The van der Waals surface area contributed by atoms with Gasteiger partial charge in [0.1, 0.15) is 0 Å². The predicted molar refractivity (Wildman–Crippen MR) is 105 cm³/mol. The maximum atomic E-state index is 13.1. The number of rotatable bonds is 3. The Morgan fingerprint density at radius 1 is 1.08 bits per heavy atom. The smallest absolute Gasteiger partial charge is 0.399 e. The molecule has 26 heavy (non-hydrogen) atoms. The van der Waals surface area contributed by atoms with Crippen molar-refractivity contribution in [2.75, 3.05) is 20.1 Å². The first-order valence-corrected chi connectivity index (χ1v) is 10.9. The second kappa shape index (κ2) is 6.62. The average Bonchev–Trinajstić information content (AvgIpc) is 2.76.